The number of rotatable bonds is 61. The number of hydrogen-bond donors (Lipinski definition) is 3. The molecule has 0 saturated carbocycles. The van der Waals surface area contributed by atoms with Crippen molar-refractivity contribution in [2.24, 2.45) is 0 Å². The topological polar surface area (TPSA) is 105 Å². The molecule has 3 unspecified atom stereocenters. The Kier molecular flexibility index (Phi) is 57.5. The number of likely N-dealkylation sites (N-methyl/N-ethyl adjacent to an activating group) is 1. The first-order chi connectivity index (χ1) is 37.5. The molecule has 0 aromatic rings. The van der Waals surface area contributed by atoms with E-state index in [9.17, 15) is 19.4 Å². The van der Waals surface area contributed by atoms with E-state index >= 15 is 0 Å². The maximum absolute atomic E-state index is 13.0. The van der Waals surface area contributed by atoms with E-state index < -0.39 is 20.0 Å². The number of nitrogens with zero attached hydrogens (tertiary/aromatic N) is 1. The van der Waals surface area contributed by atoms with Crippen molar-refractivity contribution in [2.75, 3.05) is 40.9 Å². The predicted molar refractivity (Wildman–Crippen MR) is 337 cm³/mol. The van der Waals surface area contributed by atoms with Crippen molar-refractivity contribution in [3.63, 3.8) is 0 Å². The number of phosphoric ester groups is 1. The van der Waals surface area contributed by atoms with Crippen LogP contribution in [-0.4, -0.2) is 73.4 Å². The van der Waals surface area contributed by atoms with Crippen LogP contribution >= 0.6 is 7.82 Å². The molecule has 8 nitrogen and oxygen atoms in total. The maximum atomic E-state index is 13.0. The normalized spacial score (nSPS) is 14.1. The molecule has 0 heterocycles. The molecule has 452 valence electrons. The summed E-state index contributed by atoms with van der Waals surface area (Å²) in [5, 5.41) is 14.0. The molecule has 0 aliphatic carbocycles. The third kappa shape index (κ3) is 61.7. The Labute approximate surface area is 479 Å². The highest BCUT2D eigenvalue weighted by Crippen LogP contribution is 2.43. The van der Waals surface area contributed by atoms with Crippen LogP contribution in [-0.2, 0) is 18.4 Å². The van der Waals surface area contributed by atoms with Crippen LogP contribution in [0.15, 0.2) is 60.8 Å². The summed E-state index contributed by atoms with van der Waals surface area (Å²) in [5.41, 5.74) is 0. The van der Waals surface area contributed by atoms with E-state index in [0.29, 0.717) is 17.4 Å². The van der Waals surface area contributed by atoms with Gasteiger partial charge in [-0.2, -0.15) is 0 Å². The molecule has 1 amide bonds. The number of quaternary nitrogens is 1. The van der Waals surface area contributed by atoms with Gasteiger partial charge in [-0.05, 0) is 57.8 Å². The van der Waals surface area contributed by atoms with Gasteiger partial charge < -0.3 is 19.8 Å². The molecular weight excluding hydrogens is 972 g/mol. The molecule has 0 aromatic carbocycles. The second-order valence-electron chi connectivity index (χ2n) is 23.8. The van der Waals surface area contributed by atoms with Gasteiger partial charge in [-0.3, -0.25) is 13.8 Å². The van der Waals surface area contributed by atoms with Gasteiger partial charge in [0.15, 0.2) is 0 Å². The fraction of sp³-hybridized carbons (Fsp3) is 0.838. The zero-order valence-electron chi connectivity index (χ0n) is 51.7. The first-order valence-electron chi connectivity index (χ1n) is 33.2. The van der Waals surface area contributed by atoms with Gasteiger partial charge in [0.1, 0.15) is 13.2 Å². The minimum atomic E-state index is -4.35. The summed E-state index contributed by atoms with van der Waals surface area (Å²) >= 11 is 0. The molecule has 0 aliphatic rings. The lowest BCUT2D eigenvalue weighted by Crippen LogP contribution is -2.45. The number of aliphatic hydroxyl groups excluding tert-OH is 1. The predicted octanol–water partition coefficient (Wildman–Crippen LogP) is 20.8. The van der Waals surface area contributed by atoms with Crippen LogP contribution in [0.4, 0.5) is 0 Å². The van der Waals surface area contributed by atoms with Crippen LogP contribution in [0.25, 0.3) is 0 Å². The van der Waals surface area contributed by atoms with Gasteiger partial charge in [0.2, 0.25) is 5.91 Å². The molecule has 3 atom stereocenters. The minimum absolute atomic E-state index is 0.0615. The standard InChI is InChI=1S/C68H129N2O6P/c1-6-8-10-12-14-16-18-20-22-24-26-28-30-32-34-35-36-38-40-42-44-46-48-50-52-54-56-58-60-62-68(72)69-66(65-76-77(73,74)75-64-63-70(3,4)5)67(71)61-59-57-55-53-51-49-47-45-43-41-39-37-33-31-29-27-25-23-21-19-17-15-13-11-9-7-2/h8,10,14,16,20,22,26,28,59,61,66-67,71H,6-7,9,11-13,15,17-19,21,23-25,27,29-58,60,62-65H2,1-5H3,(H-,69,72,73,74)/p+1/b10-8-,16-14-,22-20-,28-26-,61-59+. The molecule has 3 N–H and O–H groups in total. The maximum Gasteiger partial charge on any atom is 0.472 e. The summed E-state index contributed by atoms with van der Waals surface area (Å²) in [6.07, 6.45) is 80.6. The monoisotopic (exact) mass is 1100 g/mol. The van der Waals surface area contributed by atoms with Crippen LogP contribution in [0, 0.1) is 0 Å². The molecule has 0 fully saturated rings. The van der Waals surface area contributed by atoms with E-state index in [1.807, 2.05) is 27.2 Å². The molecule has 0 saturated heterocycles. The third-order valence-electron chi connectivity index (χ3n) is 15.0. The minimum Gasteiger partial charge on any atom is -0.387 e. The molecule has 0 radical (unpaired) electrons. The summed E-state index contributed by atoms with van der Waals surface area (Å²) in [7, 11) is 1.58. The van der Waals surface area contributed by atoms with E-state index in [0.717, 1.165) is 64.2 Å². The summed E-state index contributed by atoms with van der Waals surface area (Å²) in [6.45, 7) is 4.75. The Morgan fingerprint density at radius 2 is 0.779 bits per heavy atom. The van der Waals surface area contributed by atoms with Gasteiger partial charge in [0.25, 0.3) is 0 Å². The third-order valence-corrected chi connectivity index (χ3v) is 16.0. The van der Waals surface area contributed by atoms with Gasteiger partial charge in [0.05, 0.1) is 39.9 Å². The molecule has 0 aromatic heterocycles. The van der Waals surface area contributed by atoms with Crippen LogP contribution in [0.5, 0.6) is 0 Å². The number of allylic oxidation sites excluding steroid dienone is 9. The summed E-state index contributed by atoms with van der Waals surface area (Å²) in [5.74, 6) is -0.174. The number of carbonyl (C=O) groups excluding carboxylic acids is 1. The summed E-state index contributed by atoms with van der Waals surface area (Å²) < 4.78 is 23.8. The van der Waals surface area contributed by atoms with E-state index in [1.54, 1.807) is 6.08 Å². The quantitative estimate of drug-likeness (QED) is 0.0243. The van der Waals surface area contributed by atoms with Crippen LogP contribution in [0.3, 0.4) is 0 Å². The highest BCUT2D eigenvalue weighted by Gasteiger charge is 2.28. The average molecular weight is 1100 g/mol. The molecule has 0 rings (SSSR count). The molecular formula is C68H130N2O6P+. The van der Waals surface area contributed by atoms with Gasteiger partial charge in [-0.1, -0.05) is 312 Å². The van der Waals surface area contributed by atoms with Crippen molar-refractivity contribution in [2.45, 2.75) is 328 Å². The van der Waals surface area contributed by atoms with Gasteiger partial charge >= 0.3 is 7.82 Å². The van der Waals surface area contributed by atoms with E-state index in [4.69, 9.17) is 9.05 Å². The van der Waals surface area contributed by atoms with Gasteiger partial charge in [-0.25, -0.2) is 4.57 Å². The largest absolute Gasteiger partial charge is 0.472 e. The SMILES string of the molecule is CC/C=C\C/C=C\C/C=C\C/C=C\CCCCCCCCCCCCCCCCCCC(=O)NC(COP(=O)(O)OCC[N+](C)(C)C)C(O)/C=C/CCCCCCCCCCCCCCCCCCCCCCCCCC. The number of hydrogen-bond acceptors (Lipinski definition) is 5. The molecule has 9 heteroatoms. The van der Waals surface area contributed by atoms with E-state index in [-0.39, 0.29) is 19.1 Å². The van der Waals surface area contributed by atoms with Crippen molar-refractivity contribution >= 4 is 13.7 Å². The van der Waals surface area contributed by atoms with Crippen molar-refractivity contribution in [1.29, 1.82) is 0 Å². The fourth-order valence-electron chi connectivity index (χ4n) is 9.86. The van der Waals surface area contributed by atoms with E-state index in [1.165, 1.54) is 231 Å². The number of unbranched alkanes of at least 4 members (excludes halogenated alkanes) is 40. The van der Waals surface area contributed by atoms with Crippen molar-refractivity contribution in [3.8, 4) is 0 Å². The van der Waals surface area contributed by atoms with Crippen LogP contribution in [0.2, 0.25) is 0 Å². The Hall–Kier alpha value is -1.80. The van der Waals surface area contributed by atoms with Crippen molar-refractivity contribution in [1.82, 2.24) is 5.32 Å². The zero-order valence-corrected chi connectivity index (χ0v) is 52.6. The number of amides is 1. The Morgan fingerprint density at radius 3 is 1.14 bits per heavy atom. The fourth-order valence-corrected chi connectivity index (χ4v) is 10.6. The highest BCUT2D eigenvalue weighted by atomic mass is 31.2. The first kappa shape index (κ1) is 75.2. The van der Waals surface area contributed by atoms with Gasteiger partial charge in [-0.15, -0.1) is 0 Å². The molecule has 77 heavy (non-hydrogen) atoms. The zero-order chi connectivity index (χ0) is 56.3. The van der Waals surface area contributed by atoms with Crippen molar-refractivity contribution < 1.29 is 32.9 Å². The van der Waals surface area contributed by atoms with Gasteiger partial charge in [0, 0.05) is 6.42 Å². The first-order valence-corrected chi connectivity index (χ1v) is 34.7. The lowest BCUT2D eigenvalue weighted by Gasteiger charge is -2.25. The van der Waals surface area contributed by atoms with Crippen LogP contribution < -0.4 is 5.32 Å². The average Bonchev–Trinajstić information content (AvgIpc) is 3.39. The lowest BCUT2D eigenvalue weighted by atomic mass is 10.0. The van der Waals surface area contributed by atoms with Crippen molar-refractivity contribution in [3.05, 3.63) is 60.8 Å². The van der Waals surface area contributed by atoms with E-state index in [2.05, 4.69) is 67.8 Å². The Balaban J connectivity index is 4.10. The number of phosphoric acid groups is 1. The number of carbonyl (C=O) groups is 1. The second kappa shape index (κ2) is 58.8. The lowest BCUT2D eigenvalue weighted by molar-refractivity contribution is -0.870. The number of nitrogens with one attached hydrogen (secondary N) is 1. The molecule has 0 bridgehead atoms. The molecule has 0 spiro atoms. The smallest absolute Gasteiger partial charge is 0.387 e. The summed E-state index contributed by atoms with van der Waals surface area (Å²) in [4.78, 5) is 23.4. The number of aliphatic hydroxyl groups is 1. The van der Waals surface area contributed by atoms with Crippen LogP contribution in [0.1, 0.15) is 316 Å². The Bertz CT molecular complexity index is 1440. The second-order valence-corrected chi connectivity index (χ2v) is 25.3. The Morgan fingerprint density at radius 1 is 0.455 bits per heavy atom. The summed E-state index contributed by atoms with van der Waals surface area (Å²) in [6, 6.07) is -0.849. The molecule has 0 aliphatic heterocycles. The highest BCUT2D eigenvalue weighted by molar-refractivity contribution is 7.47.